The molecule has 1 heterocycles. The number of hydrogen-bond donors (Lipinski definition) is 2. The number of benzene rings is 2. The molecule has 0 spiro atoms. The summed E-state index contributed by atoms with van der Waals surface area (Å²) in [7, 11) is 0. The Balaban J connectivity index is 1.37. The monoisotopic (exact) mass is 436 g/mol. The first-order valence-electron chi connectivity index (χ1n) is 11.7. The third kappa shape index (κ3) is 7.68. The smallest absolute Gasteiger partial charge is 0.315 e. The zero-order valence-electron chi connectivity index (χ0n) is 19.3. The maximum atomic E-state index is 12.5. The summed E-state index contributed by atoms with van der Waals surface area (Å²) in [5.41, 5.74) is 3.42. The fraction of sp³-hybridized carbons (Fsp3) is 0.462. The van der Waals surface area contributed by atoms with Crippen LogP contribution in [0.5, 0.6) is 0 Å². The fourth-order valence-corrected chi connectivity index (χ4v) is 3.93. The minimum absolute atomic E-state index is 0.0140. The quantitative estimate of drug-likeness (QED) is 0.629. The number of nitrogens with one attached hydrogen (secondary N) is 2. The molecule has 172 valence electrons. The number of carbonyl (C=O) groups excluding carboxylic acids is 2. The van der Waals surface area contributed by atoms with Crippen molar-refractivity contribution in [1.82, 2.24) is 20.4 Å². The first-order chi connectivity index (χ1) is 15.5. The van der Waals surface area contributed by atoms with E-state index in [1.165, 1.54) is 31.5 Å². The Labute approximate surface area is 192 Å². The first kappa shape index (κ1) is 23.8. The fourth-order valence-electron chi connectivity index (χ4n) is 3.93. The third-order valence-electron chi connectivity index (χ3n) is 6.11. The van der Waals surface area contributed by atoms with Crippen LogP contribution in [0.3, 0.4) is 0 Å². The molecule has 0 aliphatic carbocycles. The minimum atomic E-state index is -0.333. The number of carbonyl (C=O) groups is 2. The van der Waals surface area contributed by atoms with Crippen molar-refractivity contribution in [2.45, 2.75) is 46.3 Å². The maximum Gasteiger partial charge on any atom is 0.315 e. The molecule has 1 saturated heterocycles. The van der Waals surface area contributed by atoms with Crippen LogP contribution in [0.1, 0.15) is 43.4 Å². The van der Waals surface area contributed by atoms with Gasteiger partial charge < -0.3 is 15.5 Å². The first-order valence-corrected chi connectivity index (χ1v) is 11.7. The van der Waals surface area contributed by atoms with Crippen LogP contribution < -0.4 is 10.6 Å². The summed E-state index contributed by atoms with van der Waals surface area (Å²) < 4.78 is 0. The van der Waals surface area contributed by atoms with Crippen molar-refractivity contribution < 1.29 is 9.59 Å². The molecule has 1 aliphatic heterocycles. The highest BCUT2D eigenvalue weighted by Crippen LogP contribution is 2.18. The molecule has 3 rings (SSSR count). The Kier molecular flexibility index (Phi) is 9.11. The van der Waals surface area contributed by atoms with E-state index in [1.807, 2.05) is 37.3 Å². The van der Waals surface area contributed by atoms with E-state index in [9.17, 15) is 9.59 Å². The van der Waals surface area contributed by atoms with Crippen LogP contribution in [0, 0.1) is 5.92 Å². The van der Waals surface area contributed by atoms with Gasteiger partial charge in [-0.1, -0.05) is 61.5 Å². The summed E-state index contributed by atoms with van der Waals surface area (Å²) in [6.45, 7) is 9.16. The lowest BCUT2D eigenvalue weighted by Gasteiger charge is -2.30. The van der Waals surface area contributed by atoms with E-state index < -0.39 is 0 Å². The molecule has 0 atom stereocenters. The number of amides is 3. The molecule has 32 heavy (non-hydrogen) atoms. The molecule has 6 nitrogen and oxygen atoms in total. The number of nitrogens with zero attached hydrogens (tertiary/aromatic N) is 2. The van der Waals surface area contributed by atoms with Crippen molar-refractivity contribution in [3.63, 3.8) is 0 Å². The summed E-state index contributed by atoms with van der Waals surface area (Å²) in [4.78, 5) is 28.8. The average Bonchev–Trinajstić information content (AvgIpc) is 2.82. The lowest BCUT2D eigenvalue weighted by atomic mass is 9.99. The highest BCUT2D eigenvalue weighted by molar-refractivity contribution is 5.83. The van der Waals surface area contributed by atoms with Gasteiger partial charge in [-0.25, -0.2) is 4.79 Å². The molecule has 0 radical (unpaired) electrons. The molecule has 1 fully saturated rings. The summed E-state index contributed by atoms with van der Waals surface area (Å²) in [5.74, 6) is 0.748. The lowest BCUT2D eigenvalue weighted by Crippen LogP contribution is -2.43. The van der Waals surface area contributed by atoms with Crippen molar-refractivity contribution in [1.29, 1.82) is 0 Å². The van der Waals surface area contributed by atoms with Gasteiger partial charge in [0.2, 0.25) is 5.91 Å². The van der Waals surface area contributed by atoms with Crippen molar-refractivity contribution in [2.24, 2.45) is 5.92 Å². The van der Waals surface area contributed by atoms with Crippen LogP contribution in [-0.4, -0.2) is 47.9 Å². The molecule has 3 amide bonds. The van der Waals surface area contributed by atoms with Gasteiger partial charge in [0.1, 0.15) is 0 Å². The Morgan fingerprint density at radius 2 is 1.59 bits per heavy atom. The number of urea groups is 1. The molecular formula is C26H36N4O2. The molecule has 2 N–H and O–H groups in total. The van der Waals surface area contributed by atoms with Gasteiger partial charge in [0, 0.05) is 26.2 Å². The topological polar surface area (TPSA) is 64.7 Å². The Morgan fingerprint density at radius 1 is 0.938 bits per heavy atom. The van der Waals surface area contributed by atoms with Gasteiger partial charge >= 0.3 is 6.03 Å². The van der Waals surface area contributed by atoms with Gasteiger partial charge in [-0.2, -0.15) is 0 Å². The lowest BCUT2D eigenvalue weighted by molar-refractivity contribution is -0.130. The van der Waals surface area contributed by atoms with Crippen LogP contribution in [0.2, 0.25) is 0 Å². The molecule has 2 aromatic rings. The van der Waals surface area contributed by atoms with Crippen LogP contribution in [0.15, 0.2) is 54.6 Å². The Hall–Kier alpha value is -2.86. The van der Waals surface area contributed by atoms with Crippen LogP contribution in [0.4, 0.5) is 4.79 Å². The summed E-state index contributed by atoms with van der Waals surface area (Å²) in [5, 5.41) is 5.51. The molecule has 2 aromatic carbocycles. The Bertz CT molecular complexity index is 846. The summed E-state index contributed by atoms with van der Waals surface area (Å²) >= 11 is 0. The largest absolute Gasteiger partial charge is 0.337 e. The molecule has 0 saturated carbocycles. The van der Waals surface area contributed by atoms with Gasteiger partial charge in [-0.3, -0.25) is 9.69 Å². The molecule has 0 aromatic heterocycles. The van der Waals surface area contributed by atoms with Gasteiger partial charge in [-0.05, 0) is 55.5 Å². The van der Waals surface area contributed by atoms with Gasteiger partial charge in [-0.15, -0.1) is 0 Å². The standard InChI is InChI=1S/C26H36N4O2/c1-3-30(20-23-7-5-4-6-8-23)25(31)18-28-26(32)27-17-22-9-11-24(12-10-22)19-29-15-13-21(2)14-16-29/h4-12,21H,3,13-20H2,1-2H3,(H2,27,28,32). The van der Waals surface area contributed by atoms with Crippen molar-refractivity contribution >= 4 is 11.9 Å². The van der Waals surface area contributed by atoms with Gasteiger partial charge in [0.15, 0.2) is 0 Å². The highest BCUT2D eigenvalue weighted by atomic mass is 16.2. The number of piperidine rings is 1. The zero-order valence-corrected chi connectivity index (χ0v) is 19.3. The molecule has 0 bridgehead atoms. The number of likely N-dealkylation sites (tertiary alicyclic amines) is 1. The second-order valence-electron chi connectivity index (χ2n) is 8.70. The average molecular weight is 437 g/mol. The number of likely N-dealkylation sites (N-methyl/N-ethyl adjacent to an activating group) is 1. The predicted octanol–water partition coefficient (Wildman–Crippen LogP) is 3.77. The van der Waals surface area contributed by atoms with Crippen LogP contribution >= 0.6 is 0 Å². The van der Waals surface area contributed by atoms with E-state index in [0.717, 1.165) is 23.6 Å². The SMILES string of the molecule is CCN(Cc1ccccc1)C(=O)CNC(=O)NCc1ccc(CN2CCC(C)CC2)cc1. The number of rotatable bonds is 9. The normalized spacial score (nSPS) is 14.7. The second-order valence-corrected chi connectivity index (χ2v) is 8.70. The van der Waals surface area contributed by atoms with E-state index in [1.54, 1.807) is 4.90 Å². The van der Waals surface area contributed by atoms with Gasteiger partial charge in [0.05, 0.1) is 6.54 Å². The van der Waals surface area contributed by atoms with Crippen molar-refractivity contribution in [3.8, 4) is 0 Å². The van der Waals surface area contributed by atoms with E-state index in [4.69, 9.17) is 0 Å². The highest BCUT2D eigenvalue weighted by Gasteiger charge is 2.16. The molecule has 6 heteroatoms. The predicted molar refractivity (Wildman–Crippen MR) is 128 cm³/mol. The minimum Gasteiger partial charge on any atom is -0.337 e. The summed E-state index contributed by atoms with van der Waals surface area (Å²) in [6.07, 6.45) is 2.56. The zero-order chi connectivity index (χ0) is 22.8. The van der Waals surface area contributed by atoms with Gasteiger partial charge in [0.25, 0.3) is 0 Å². The van der Waals surface area contributed by atoms with E-state index in [0.29, 0.717) is 19.6 Å². The molecular weight excluding hydrogens is 400 g/mol. The van der Waals surface area contributed by atoms with E-state index >= 15 is 0 Å². The van der Waals surface area contributed by atoms with Crippen LogP contribution in [0.25, 0.3) is 0 Å². The van der Waals surface area contributed by atoms with Crippen molar-refractivity contribution in [2.75, 3.05) is 26.2 Å². The van der Waals surface area contributed by atoms with Crippen molar-refractivity contribution in [3.05, 3.63) is 71.3 Å². The second kappa shape index (κ2) is 12.2. The summed E-state index contributed by atoms with van der Waals surface area (Å²) in [6, 6.07) is 17.9. The van der Waals surface area contributed by atoms with E-state index in [2.05, 4.69) is 46.7 Å². The Morgan fingerprint density at radius 3 is 2.25 bits per heavy atom. The molecule has 1 aliphatic rings. The van der Waals surface area contributed by atoms with E-state index in [-0.39, 0.29) is 18.5 Å². The maximum absolute atomic E-state index is 12.5. The number of hydrogen-bond acceptors (Lipinski definition) is 3. The third-order valence-corrected chi connectivity index (χ3v) is 6.11. The van der Waals surface area contributed by atoms with Crippen LogP contribution in [-0.2, 0) is 24.4 Å². The molecule has 0 unspecified atom stereocenters.